The highest BCUT2D eigenvalue weighted by molar-refractivity contribution is 6.30. The van der Waals surface area contributed by atoms with Crippen LogP contribution in [-0.2, 0) is 70.6 Å². The van der Waals surface area contributed by atoms with Gasteiger partial charge in [0.25, 0.3) is 0 Å². The number of aromatic nitrogens is 1. The molecule has 0 amide bonds. The van der Waals surface area contributed by atoms with Gasteiger partial charge in [-0.25, -0.2) is 4.39 Å². The fraction of sp³-hybridized carbons (Fsp3) is 0.402. The highest BCUT2D eigenvalue weighted by atomic mass is 35.5. The SMILES string of the molecule is C.C.CC(C)c1cccc(CCOC(=O)Cc2ccccc2)c1.CC(C)c1cccc(COC(=O)Cc2ccccc2)c1.CC(C)c1cccc(F)c1.CC(C)c1cncc(Cl)c1.CCc1cccc(C(C)C)c1.CCc1cccc(CC)c1C(C)C.CCc1ccccc1C(C)C.Cc1cccc(C)c1C(C)C. The van der Waals surface area contributed by atoms with Crippen LogP contribution >= 0.6 is 11.6 Å². The zero-order chi connectivity index (χ0) is 79.4. The lowest BCUT2D eigenvalue weighted by Crippen LogP contribution is -2.10. The van der Waals surface area contributed by atoms with Crippen molar-refractivity contribution in [3.05, 3.63) is 348 Å². The Morgan fingerprint density at radius 2 is 0.734 bits per heavy atom. The molecular formula is C102H139ClFNO4. The summed E-state index contributed by atoms with van der Waals surface area (Å²) in [7, 11) is 0. The van der Waals surface area contributed by atoms with E-state index in [1.165, 1.54) is 78.4 Å². The summed E-state index contributed by atoms with van der Waals surface area (Å²) in [5, 5.41) is 0.714. The second-order valence-corrected chi connectivity index (χ2v) is 30.3. The van der Waals surface area contributed by atoms with Gasteiger partial charge in [-0.1, -0.05) is 371 Å². The Bertz CT molecular complexity index is 4000. The molecule has 7 heteroatoms. The van der Waals surface area contributed by atoms with E-state index in [0.29, 0.717) is 78.4 Å². The second-order valence-electron chi connectivity index (χ2n) is 29.8. The Morgan fingerprint density at radius 1 is 0.358 bits per heavy atom. The summed E-state index contributed by atoms with van der Waals surface area (Å²) in [6, 6.07) is 75.3. The summed E-state index contributed by atoms with van der Waals surface area (Å²) < 4.78 is 23.2. The van der Waals surface area contributed by atoms with Crippen molar-refractivity contribution in [2.45, 2.75) is 266 Å². The monoisotopic (exact) mass is 1500 g/mol. The molecule has 0 saturated heterocycles. The number of hydrogen-bond acceptors (Lipinski definition) is 5. The molecule has 0 N–H and O–H groups in total. The van der Waals surface area contributed by atoms with Gasteiger partial charge >= 0.3 is 11.9 Å². The Kier molecular flexibility index (Phi) is 49.4. The van der Waals surface area contributed by atoms with Crippen molar-refractivity contribution in [1.82, 2.24) is 4.98 Å². The maximum absolute atomic E-state index is 12.5. The minimum atomic E-state index is -0.189. The number of esters is 2. The van der Waals surface area contributed by atoms with Crippen molar-refractivity contribution in [2.75, 3.05) is 6.61 Å². The summed E-state index contributed by atoms with van der Waals surface area (Å²) in [6.07, 6.45) is 9.51. The van der Waals surface area contributed by atoms with Crippen molar-refractivity contribution >= 4 is 23.5 Å². The molecular weight excluding hydrogens is 1360 g/mol. The Labute approximate surface area is 668 Å². The molecule has 0 bridgehead atoms. The Morgan fingerprint density at radius 3 is 1.13 bits per heavy atom. The first-order chi connectivity index (χ1) is 51.0. The largest absolute Gasteiger partial charge is 0.465 e. The summed E-state index contributed by atoms with van der Waals surface area (Å²) >= 11 is 5.73. The molecule has 0 aliphatic heterocycles. The van der Waals surface area contributed by atoms with Gasteiger partial charge < -0.3 is 9.47 Å². The number of pyridine rings is 1. The van der Waals surface area contributed by atoms with E-state index in [9.17, 15) is 14.0 Å². The van der Waals surface area contributed by atoms with Crippen LogP contribution in [0.1, 0.15) is 301 Å². The molecule has 0 atom stereocenters. The molecule has 0 unspecified atom stereocenters. The van der Waals surface area contributed by atoms with Gasteiger partial charge in [0.1, 0.15) is 12.4 Å². The van der Waals surface area contributed by atoms with Gasteiger partial charge in [-0.05, 0) is 205 Å². The average Bonchev–Trinajstić information content (AvgIpc) is 0.844. The number of nitrogens with zero attached hydrogens (tertiary/aromatic N) is 1. The lowest BCUT2D eigenvalue weighted by atomic mass is 9.90. The molecule has 5 nitrogen and oxygen atoms in total. The molecule has 0 radical (unpaired) electrons. The zero-order valence-electron chi connectivity index (χ0n) is 69.3. The third-order valence-electron chi connectivity index (χ3n) is 18.4. The standard InChI is InChI=1S/C19H22O2.C18H20O2.C13H20.3C11H16.C9H11F.C8H10ClN.2CH4/c1-15(2)18-10-6-9-17(13-18)11-12-21-19(20)14-16-7-4-3-5-8-16;1-14(2)17-10-6-9-16(11-17)13-20-18(19)12-15-7-4-3-5-8-15;1-5-11-8-7-9-12(6-2)13(11)10(3)4;1-8(2)11-9(3)6-5-7-10(11)4;1-4-10-6-5-7-11(8-10)9(2)3;1-4-10-7-5-6-8-11(10)9(2)3;1-7(2)8-4-3-5-9(10)6-8;1-6(2)7-3-8(9)5-10-4-7;;/h3-10,13,15H,11-12,14H2,1-2H3;3-11,14H,12-13H2,1-2H3;7-10H,5-6H2,1-4H3;5-8H,1-4H3;2*5-9H,4H2,1-3H3;3-7H,1-2H3;3-6H,1-2H3;2*1H4. The molecule has 0 aliphatic carbocycles. The average molecular weight is 1500 g/mol. The van der Waals surface area contributed by atoms with Crippen LogP contribution in [0.15, 0.2) is 237 Å². The van der Waals surface area contributed by atoms with Crippen LogP contribution in [-0.4, -0.2) is 23.5 Å². The lowest BCUT2D eigenvalue weighted by Gasteiger charge is -2.16. The number of carbonyl (C=O) groups is 2. The summed E-state index contributed by atoms with van der Waals surface area (Å²) in [6.45, 7) is 49.0. The van der Waals surface area contributed by atoms with Gasteiger partial charge in [0.2, 0.25) is 0 Å². The molecule has 590 valence electrons. The fourth-order valence-electron chi connectivity index (χ4n) is 12.2. The summed E-state index contributed by atoms with van der Waals surface area (Å²) in [4.78, 5) is 27.5. The third-order valence-corrected chi connectivity index (χ3v) is 18.6. The van der Waals surface area contributed by atoms with Gasteiger partial charge in [-0.15, -0.1) is 0 Å². The number of carbonyl (C=O) groups excluding carboxylic acids is 2. The van der Waals surface area contributed by atoms with Gasteiger partial charge in [0, 0.05) is 18.8 Å². The van der Waals surface area contributed by atoms with Crippen LogP contribution < -0.4 is 0 Å². The van der Waals surface area contributed by atoms with Crippen molar-refractivity contribution in [3.8, 4) is 0 Å². The molecule has 0 spiro atoms. The number of rotatable bonds is 21. The molecule has 1 heterocycles. The topological polar surface area (TPSA) is 65.5 Å². The lowest BCUT2D eigenvalue weighted by molar-refractivity contribution is -0.144. The first kappa shape index (κ1) is 98.3. The van der Waals surface area contributed by atoms with E-state index < -0.39 is 0 Å². The van der Waals surface area contributed by atoms with Crippen LogP contribution in [0.4, 0.5) is 4.39 Å². The number of aryl methyl sites for hydroxylation is 6. The molecule has 9 aromatic carbocycles. The van der Waals surface area contributed by atoms with Crippen molar-refractivity contribution in [1.29, 1.82) is 0 Å². The van der Waals surface area contributed by atoms with Crippen molar-refractivity contribution in [2.24, 2.45) is 0 Å². The summed E-state index contributed by atoms with van der Waals surface area (Å²) in [5.41, 5.74) is 23.9. The predicted octanol–water partition coefficient (Wildman–Crippen LogP) is 29.4. The first-order valence-electron chi connectivity index (χ1n) is 39.3. The van der Waals surface area contributed by atoms with Crippen LogP contribution in [0.3, 0.4) is 0 Å². The predicted molar refractivity (Wildman–Crippen MR) is 472 cm³/mol. The number of benzene rings is 9. The fourth-order valence-corrected chi connectivity index (χ4v) is 12.4. The Hall–Kier alpha value is -8.71. The van der Waals surface area contributed by atoms with E-state index in [1.807, 2.05) is 91.1 Å². The van der Waals surface area contributed by atoms with Crippen molar-refractivity contribution < 1.29 is 23.5 Å². The molecule has 109 heavy (non-hydrogen) atoms. The smallest absolute Gasteiger partial charge is 0.310 e. The molecule has 0 aliphatic rings. The molecule has 10 aromatic rings. The zero-order valence-corrected chi connectivity index (χ0v) is 70.1. The molecule has 0 saturated carbocycles. The van der Waals surface area contributed by atoms with Crippen LogP contribution in [0, 0.1) is 19.7 Å². The van der Waals surface area contributed by atoms with E-state index in [2.05, 4.69) is 279 Å². The second kappa shape index (κ2) is 54.8. The quantitative estimate of drug-likeness (QED) is 0.0671. The Balaban J connectivity index is 0.000000632. The maximum atomic E-state index is 12.5. The number of ether oxygens (including phenoxy) is 2. The number of halogens is 2. The van der Waals surface area contributed by atoms with Gasteiger partial charge in [0.15, 0.2) is 0 Å². The highest BCUT2D eigenvalue weighted by Gasteiger charge is 2.12. The minimum Gasteiger partial charge on any atom is -0.465 e. The molecule has 0 fully saturated rings. The first-order valence-corrected chi connectivity index (χ1v) is 39.7. The van der Waals surface area contributed by atoms with Gasteiger partial charge in [0.05, 0.1) is 24.5 Å². The third kappa shape index (κ3) is 39.0. The van der Waals surface area contributed by atoms with Crippen LogP contribution in [0.25, 0.3) is 0 Å². The van der Waals surface area contributed by atoms with E-state index in [0.717, 1.165) is 54.4 Å². The van der Waals surface area contributed by atoms with Crippen LogP contribution in [0.5, 0.6) is 0 Å². The molecule has 10 rings (SSSR count). The van der Waals surface area contributed by atoms with Crippen molar-refractivity contribution in [3.63, 3.8) is 0 Å². The highest BCUT2D eigenvalue weighted by Crippen LogP contribution is 2.27. The normalized spacial score (nSPS) is 10.4. The van der Waals surface area contributed by atoms with E-state index in [-0.39, 0.29) is 32.6 Å². The maximum Gasteiger partial charge on any atom is 0.310 e. The number of hydrogen-bond donors (Lipinski definition) is 0. The van der Waals surface area contributed by atoms with E-state index >= 15 is 0 Å². The van der Waals surface area contributed by atoms with E-state index in [4.69, 9.17) is 21.1 Å². The van der Waals surface area contributed by atoms with Gasteiger partial charge in [-0.3, -0.25) is 14.6 Å². The van der Waals surface area contributed by atoms with Gasteiger partial charge in [-0.2, -0.15) is 0 Å². The summed E-state index contributed by atoms with van der Waals surface area (Å²) in [5.74, 6) is 4.04. The minimum absolute atomic E-state index is 0. The van der Waals surface area contributed by atoms with Crippen LogP contribution in [0.2, 0.25) is 5.02 Å². The molecule has 1 aromatic heterocycles. The van der Waals surface area contributed by atoms with E-state index in [1.54, 1.807) is 23.9 Å².